The fourth-order valence-corrected chi connectivity index (χ4v) is 2.10. The molecule has 1 heterocycles. The number of nitrogens with zero attached hydrogens (tertiary/aromatic N) is 5. The van der Waals surface area contributed by atoms with Crippen molar-refractivity contribution in [2.45, 2.75) is 38.3 Å². The van der Waals surface area contributed by atoms with Crippen molar-refractivity contribution in [3.63, 3.8) is 0 Å². The average Bonchev–Trinajstić information content (AvgIpc) is 2.73. The first kappa shape index (κ1) is 8.30. The van der Waals surface area contributed by atoms with Gasteiger partial charge in [-0.1, -0.05) is 12.8 Å². The van der Waals surface area contributed by atoms with Gasteiger partial charge >= 0.3 is 0 Å². The lowest BCUT2D eigenvalue weighted by molar-refractivity contribution is 0.222. The predicted octanol–water partition coefficient (Wildman–Crippen LogP) is 2.62. The Kier molecular flexibility index (Phi) is 1.65. The molecule has 0 atom stereocenters. The van der Waals surface area contributed by atoms with Gasteiger partial charge in [0.2, 0.25) is 5.66 Å². The minimum atomic E-state index is -0.724. The molecule has 2 rings (SSSR count). The van der Waals surface area contributed by atoms with Crippen molar-refractivity contribution in [1.82, 2.24) is 0 Å². The third-order valence-corrected chi connectivity index (χ3v) is 3.10. The summed E-state index contributed by atoms with van der Waals surface area (Å²) in [6, 6.07) is 2.35. The third kappa shape index (κ3) is 0.981. The summed E-state index contributed by atoms with van der Waals surface area (Å²) in [4.78, 5) is 0. The predicted molar refractivity (Wildman–Crippen MR) is 44.6 cm³/mol. The number of hydrogen-bond donors (Lipinski definition) is 0. The molecule has 2 aliphatic rings. The second-order valence-corrected chi connectivity index (χ2v) is 3.80. The van der Waals surface area contributed by atoms with Crippen LogP contribution >= 0.6 is 0 Å². The van der Waals surface area contributed by atoms with Crippen LogP contribution in [-0.2, 0) is 0 Å². The van der Waals surface area contributed by atoms with Crippen LogP contribution in [0.1, 0.15) is 32.6 Å². The van der Waals surface area contributed by atoms with Crippen molar-refractivity contribution in [3.8, 4) is 6.07 Å². The van der Waals surface area contributed by atoms with Crippen LogP contribution in [0.3, 0.4) is 0 Å². The molecule has 0 unspecified atom stereocenters. The molecule has 68 valence electrons. The number of nitriles is 1. The van der Waals surface area contributed by atoms with Gasteiger partial charge in [-0.3, -0.25) is 0 Å². The van der Waals surface area contributed by atoms with Gasteiger partial charge in [-0.25, -0.2) is 0 Å². The molecule has 0 bridgehead atoms. The minimum absolute atomic E-state index is 0.462. The average molecular weight is 177 g/mol. The highest BCUT2D eigenvalue weighted by Crippen LogP contribution is 2.50. The molecule has 1 fully saturated rings. The van der Waals surface area contributed by atoms with E-state index in [1.807, 2.05) is 6.92 Å². The third-order valence-electron chi connectivity index (χ3n) is 3.10. The summed E-state index contributed by atoms with van der Waals surface area (Å²) >= 11 is 0. The summed E-state index contributed by atoms with van der Waals surface area (Å²) in [5.41, 5.74) is -1.19. The Morgan fingerprint density at radius 3 is 2.15 bits per heavy atom. The first-order valence-electron chi connectivity index (χ1n) is 4.48. The molecule has 0 aromatic rings. The highest BCUT2D eigenvalue weighted by atomic mass is 15.6. The molecule has 13 heavy (non-hydrogen) atoms. The molecule has 5 nitrogen and oxygen atoms in total. The smallest absolute Gasteiger partial charge is 0.198 e. The Labute approximate surface area is 76.5 Å². The van der Waals surface area contributed by atoms with Crippen LogP contribution in [0, 0.1) is 16.7 Å². The van der Waals surface area contributed by atoms with Gasteiger partial charge in [-0.05, 0) is 30.2 Å². The Hall–Kier alpha value is -1.31. The molecule has 0 saturated heterocycles. The van der Waals surface area contributed by atoms with Crippen LogP contribution in [0.15, 0.2) is 20.7 Å². The SMILES string of the molecule is CC1(C2(C#N)CCCC2)N=NN=N1. The lowest BCUT2D eigenvalue weighted by atomic mass is 9.76. The van der Waals surface area contributed by atoms with Crippen molar-refractivity contribution < 1.29 is 0 Å². The van der Waals surface area contributed by atoms with Crippen LogP contribution in [0.2, 0.25) is 0 Å². The topological polar surface area (TPSA) is 73.2 Å². The lowest BCUT2D eigenvalue weighted by Gasteiger charge is -2.30. The van der Waals surface area contributed by atoms with E-state index in [2.05, 4.69) is 26.7 Å². The Morgan fingerprint density at radius 2 is 1.69 bits per heavy atom. The second kappa shape index (κ2) is 2.59. The Morgan fingerprint density at radius 1 is 1.15 bits per heavy atom. The lowest BCUT2D eigenvalue weighted by Crippen LogP contribution is -2.38. The van der Waals surface area contributed by atoms with E-state index in [9.17, 15) is 5.26 Å². The number of rotatable bonds is 1. The zero-order chi connectivity index (χ0) is 9.36. The standard InChI is InChI=1S/C8H11N5/c1-7(10-12-13-11-7)8(6-9)4-2-3-5-8/h2-5H2,1H3. The highest BCUT2D eigenvalue weighted by molar-refractivity contribution is 5.14. The molecule has 0 N–H and O–H groups in total. The van der Waals surface area contributed by atoms with Gasteiger partial charge in [-0.15, -0.1) is 10.2 Å². The van der Waals surface area contributed by atoms with E-state index in [1.165, 1.54) is 0 Å². The second-order valence-electron chi connectivity index (χ2n) is 3.80. The maximum atomic E-state index is 9.19. The van der Waals surface area contributed by atoms with E-state index in [4.69, 9.17) is 0 Å². The maximum absolute atomic E-state index is 9.19. The van der Waals surface area contributed by atoms with Gasteiger partial charge in [0.1, 0.15) is 5.41 Å². The zero-order valence-electron chi connectivity index (χ0n) is 7.56. The van der Waals surface area contributed by atoms with E-state index in [0.717, 1.165) is 25.7 Å². The molecular formula is C8H11N5. The molecular weight excluding hydrogens is 166 g/mol. The van der Waals surface area contributed by atoms with E-state index in [0.29, 0.717) is 0 Å². The van der Waals surface area contributed by atoms with Crippen molar-refractivity contribution >= 4 is 0 Å². The van der Waals surface area contributed by atoms with Crippen molar-refractivity contribution in [2.24, 2.45) is 26.1 Å². The van der Waals surface area contributed by atoms with Crippen molar-refractivity contribution in [1.29, 1.82) is 5.26 Å². The van der Waals surface area contributed by atoms with Crippen molar-refractivity contribution in [2.75, 3.05) is 0 Å². The van der Waals surface area contributed by atoms with Gasteiger partial charge in [0.25, 0.3) is 0 Å². The monoisotopic (exact) mass is 177 g/mol. The van der Waals surface area contributed by atoms with Crippen molar-refractivity contribution in [3.05, 3.63) is 0 Å². The Bertz CT molecular complexity index is 293. The summed E-state index contributed by atoms with van der Waals surface area (Å²) in [5.74, 6) is 0. The fourth-order valence-electron chi connectivity index (χ4n) is 2.10. The summed E-state index contributed by atoms with van der Waals surface area (Å²) in [6.07, 6.45) is 3.87. The van der Waals surface area contributed by atoms with Gasteiger partial charge in [0.05, 0.1) is 6.07 Å². The molecule has 0 amide bonds. The molecule has 1 saturated carbocycles. The van der Waals surface area contributed by atoms with Gasteiger partial charge in [0.15, 0.2) is 0 Å². The zero-order valence-corrected chi connectivity index (χ0v) is 7.56. The fraction of sp³-hybridized carbons (Fsp3) is 0.875. The first-order valence-corrected chi connectivity index (χ1v) is 4.48. The summed E-state index contributed by atoms with van der Waals surface area (Å²) < 4.78 is 0. The van der Waals surface area contributed by atoms with Gasteiger partial charge in [0, 0.05) is 0 Å². The molecule has 0 radical (unpaired) electrons. The van der Waals surface area contributed by atoms with E-state index in [1.54, 1.807) is 0 Å². The minimum Gasteiger partial charge on any atom is -0.198 e. The van der Waals surface area contributed by atoms with Crippen LogP contribution in [0.25, 0.3) is 0 Å². The molecule has 5 heteroatoms. The van der Waals surface area contributed by atoms with Crippen LogP contribution in [0.5, 0.6) is 0 Å². The molecule has 0 aromatic carbocycles. The van der Waals surface area contributed by atoms with Crippen LogP contribution < -0.4 is 0 Å². The summed E-state index contributed by atoms with van der Waals surface area (Å²) in [6.45, 7) is 1.83. The largest absolute Gasteiger partial charge is 0.210 e. The summed E-state index contributed by atoms with van der Waals surface area (Å²) in [5, 5.41) is 24.1. The normalized spacial score (nSPS) is 27.7. The van der Waals surface area contributed by atoms with Crippen LogP contribution in [0.4, 0.5) is 0 Å². The molecule has 0 aromatic heterocycles. The molecule has 0 spiro atoms. The molecule has 1 aliphatic carbocycles. The van der Waals surface area contributed by atoms with E-state index < -0.39 is 11.1 Å². The van der Waals surface area contributed by atoms with E-state index >= 15 is 0 Å². The first-order chi connectivity index (χ1) is 6.22. The summed E-state index contributed by atoms with van der Waals surface area (Å²) in [7, 11) is 0. The van der Waals surface area contributed by atoms with Gasteiger partial charge in [-0.2, -0.15) is 5.26 Å². The van der Waals surface area contributed by atoms with Gasteiger partial charge < -0.3 is 0 Å². The Balaban J connectivity index is 2.37. The highest BCUT2D eigenvalue weighted by Gasteiger charge is 2.53. The number of hydrogen-bond acceptors (Lipinski definition) is 5. The van der Waals surface area contributed by atoms with E-state index in [-0.39, 0.29) is 0 Å². The quantitative estimate of drug-likeness (QED) is 0.606. The van der Waals surface area contributed by atoms with Crippen LogP contribution in [-0.4, -0.2) is 5.66 Å². The maximum Gasteiger partial charge on any atom is 0.210 e. The molecule has 1 aliphatic heterocycles.